The van der Waals surface area contributed by atoms with Crippen LogP contribution in [0.3, 0.4) is 0 Å². The molecule has 1 aromatic rings. The molecule has 1 aliphatic rings. The summed E-state index contributed by atoms with van der Waals surface area (Å²) in [7, 11) is 0. The number of thioether (sulfide) groups is 2. The average Bonchev–Trinajstić information content (AvgIpc) is 2.78. The molecular weight excluding hydrogens is 296 g/mol. The Kier molecular flexibility index (Phi) is 5.49. The van der Waals surface area contributed by atoms with E-state index in [1.165, 1.54) is 16.7 Å². The molecule has 20 heavy (non-hydrogen) atoms. The van der Waals surface area contributed by atoms with E-state index in [2.05, 4.69) is 5.32 Å². The standard InChI is InChI=1S/C13H14N2O3S2/c16-11(8-19-10-4-2-1-3-5-10)14-6-7-15-12(17)9-20-13(15)18/h1-5H,6-9H2,(H,14,16). The number of benzene rings is 1. The summed E-state index contributed by atoms with van der Waals surface area (Å²) in [6.45, 7) is 0.540. The molecule has 5 nitrogen and oxygen atoms in total. The van der Waals surface area contributed by atoms with E-state index < -0.39 is 0 Å². The molecule has 0 unspecified atom stereocenters. The van der Waals surface area contributed by atoms with Crippen LogP contribution < -0.4 is 5.32 Å². The first kappa shape index (κ1) is 14.9. The zero-order valence-corrected chi connectivity index (χ0v) is 12.3. The molecule has 1 aromatic carbocycles. The Hall–Kier alpha value is -1.47. The number of carbonyl (C=O) groups excluding carboxylic acids is 3. The molecule has 0 saturated carbocycles. The molecular formula is C13H14N2O3S2. The summed E-state index contributed by atoms with van der Waals surface area (Å²) in [5.74, 6) is 0.232. The summed E-state index contributed by atoms with van der Waals surface area (Å²) < 4.78 is 0. The van der Waals surface area contributed by atoms with Gasteiger partial charge in [-0.2, -0.15) is 0 Å². The van der Waals surface area contributed by atoms with Gasteiger partial charge in [0.05, 0.1) is 11.5 Å². The fourth-order valence-electron chi connectivity index (χ4n) is 1.62. The van der Waals surface area contributed by atoms with Gasteiger partial charge in [-0.3, -0.25) is 19.3 Å². The first-order valence-electron chi connectivity index (χ1n) is 6.08. The summed E-state index contributed by atoms with van der Waals surface area (Å²) >= 11 is 2.45. The predicted molar refractivity (Wildman–Crippen MR) is 79.7 cm³/mol. The zero-order valence-electron chi connectivity index (χ0n) is 10.7. The van der Waals surface area contributed by atoms with Crippen LogP contribution in [0, 0.1) is 0 Å². The highest BCUT2D eigenvalue weighted by Crippen LogP contribution is 2.18. The Morgan fingerprint density at radius 3 is 2.70 bits per heavy atom. The smallest absolute Gasteiger partial charge is 0.288 e. The largest absolute Gasteiger partial charge is 0.354 e. The Bertz CT molecular complexity index is 492. The lowest BCUT2D eigenvalue weighted by atomic mass is 10.4. The van der Waals surface area contributed by atoms with E-state index in [0.717, 1.165) is 16.7 Å². The molecule has 1 N–H and O–H groups in total. The van der Waals surface area contributed by atoms with Gasteiger partial charge in [0.15, 0.2) is 0 Å². The van der Waals surface area contributed by atoms with Crippen molar-refractivity contribution in [3.05, 3.63) is 30.3 Å². The lowest BCUT2D eigenvalue weighted by molar-refractivity contribution is -0.125. The van der Waals surface area contributed by atoms with Crippen LogP contribution >= 0.6 is 23.5 Å². The van der Waals surface area contributed by atoms with Crippen molar-refractivity contribution in [2.45, 2.75) is 4.90 Å². The van der Waals surface area contributed by atoms with Gasteiger partial charge in [0, 0.05) is 18.0 Å². The monoisotopic (exact) mass is 310 g/mol. The second kappa shape index (κ2) is 7.35. The number of hydrogen-bond acceptors (Lipinski definition) is 5. The minimum Gasteiger partial charge on any atom is -0.354 e. The average molecular weight is 310 g/mol. The Labute approximate surface area is 125 Å². The quantitative estimate of drug-likeness (QED) is 0.808. The number of imide groups is 1. The molecule has 0 bridgehead atoms. The summed E-state index contributed by atoms with van der Waals surface area (Å²) in [6, 6.07) is 9.64. The Morgan fingerprint density at radius 2 is 2.05 bits per heavy atom. The minimum absolute atomic E-state index is 0.106. The van der Waals surface area contributed by atoms with Crippen molar-refractivity contribution in [3.63, 3.8) is 0 Å². The van der Waals surface area contributed by atoms with E-state index in [0.29, 0.717) is 12.3 Å². The molecule has 1 saturated heterocycles. The lowest BCUT2D eigenvalue weighted by Crippen LogP contribution is -2.38. The number of amides is 3. The van der Waals surface area contributed by atoms with Crippen LogP contribution in [0.4, 0.5) is 4.79 Å². The summed E-state index contributed by atoms with van der Waals surface area (Å²) in [5.41, 5.74) is 0. The van der Waals surface area contributed by atoms with E-state index in [9.17, 15) is 14.4 Å². The van der Waals surface area contributed by atoms with Gasteiger partial charge in [0.1, 0.15) is 0 Å². The molecule has 3 amide bonds. The van der Waals surface area contributed by atoms with E-state index in [1.807, 2.05) is 30.3 Å². The number of nitrogens with one attached hydrogen (secondary N) is 1. The summed E-state index contributed by atoms with van der Waals surface area (Å²) in [4.78, 5) is 36.5. The van der Waals surface area contributed by atoms with Crippen molar-refractivity contribution < 1.29 is 14.4 Å². The molecule has 1 aliphatic heterocycles. The maximum Gasteiger partial charge on any atom is 0.288 e. The van der Waals surface area contributed by atoms with Crippen molar-refractivity contribution in [2.24, 2.45) is 0 Å². The zero-order chi connectivity index (χ0) is 14.4. The highest BCUT2D eigenvalue weighted by atomic mass is 32.2. The molecule has 1 heterocycles. The van der Waals surface area contributed by atoms with Gasteiger partial charge in [-0.1, -0.05) is 30.0 Å². The van der Waals surface area contributed by atoms with Crippen LogP contribution in [0.2, 0.25) is 0 Å². The third-order valence-electron chi connectivity index (χ3n) is 2.61. The summed E-state index contributed by atoms with van der Waals surface area (Å²) in [5, 5.41) is 2.47. The first-order chi connectivity index (χ1) is 9.66. The van der Waals surface area contributed by atoms with E-state index >= 15 is 0 Å². The number of nitrogens with zero attached hydrogens (tertiary/aromatic N) is 1. The second-order valence-corrected chi connectivity index (χ2v) is 6.03. The highest BCUT2D eigenvalue weighted by Gasteiger charge is 2.29. The number of hydrogen-bond donors (Lipinski definition) is 1. The molecule has 0 atom stereocenters. The SMILES string of the molecule is O=C(CSc1ccccc1)NCCN1C(=O)CSC1=O. The van der Waals surface area contributed by atoms with Crippen LogP contribution in [-0.4, -0.2) is 46.5 Å². The molecule has 7 heteroatoms. The van der Waals surface area contributed by atoms with Gasteiger partial charge in [0.2, 0.25) is 11.8 Å². The van der Waals surface area contributed by atoms with Gasteiger partial charge in [0.25, 0.3) is 5.24 Å². The van der Waals surface area contributed by atoms with Crippen LogP contribution in [0.15, 0.2) is 35.2 Å². The second-order valence-electron chi connectivity index (χ2n) is 4.05. The van der Waals surface area contributed by atoms with Crippen molar-refractivity contribution in [2.75, 3.05) is 24.6 Å². The topological polar surface area (TPSA) is 66.5 Å². The van der Waals surface area contributed by atoms with Gasteiger partial charge in [-0.15, -0.1) is 11.8 Å². The van der Waals surface area contributed by atoms with Crippen molar-refractivity contribution in [1.82, 2.24) is 10.2 Å². The first-order valence-corrected chi connectivity index (χ1v) is 8.05. The molecule has 0 aromatic heterocycles. The fraction of sp³-hybridized carbons (Fsp3) is 0.308. The number of rotatable bonds is 6. The molecule has 106 valence electrons. The molecule has 0 spiro atoms. The highest BCUT2D eigenvalue weighted by molar-refractivity contribution is 8.14. The minimum atomic E-state index is -0.233. The van der Waals surface area contributed by atoms with Gasteiger partial charge in [-0.25, -0.2) is 0 Å². The fourth-order valence-corrected chi connectivity index (χ4v) is 3.12. The van der Waals surface area contributed by atoms with Gasteiger partial charge >= 0.3 is 0 Å². The van der Waals surface area contributed by atoms with Crippen LogP contribution in [0.25, 0.3) is 0 Å². The van der Waals surface area contributed by atoms with Crippen LogP contribution in [0.5, 0.6) is 0 Å². The van der Waals surface area contributed by atoms with Crippen LogP contribution in [0.1, 0.15) is 0 Å². The third kappa shape index (κ3) is 4.28. The van der Waals surface area contributed by atoms with E-state index in [-0.39, 0.29) is 29.4 Å². The van der Waals surface area contributed by atoms with E-state index in [4.69, 9.17) is 0 Å². The maximum atomic E-state index is 11.6. The Morgan fingerprint density at radius 1 is 1.30 bits per heavy atom. The van der Waals surface area contributed by atoms with Gasteiger partial charge in [-0.05, 0) is 12.1 Å². The van der Waals surface area contributed by atoms with Crippen molar-refractivity contribution >= 4 is 40.6 Å². The molecule has 1 fully saturated rings. The summed E-state index contributed by atoms with van der Waals surface area (Å²) in [6.07, 6.45) is 0. The van der Waals surface area contributed by atoms with E-state index in [1.54, 1.807) is 0 Å². The lowest BCUT2D eigenvalue weighted by Gasteiger charge is -2.12. The van der Waals surface area contributed by atoms with Gasteiger partial charge < -0.3 is 5.32 Å². The Balaban J connectivity index is 1.65. The van der Waals surface area contributed by atoms with Crippen molar-refractivity contribution in [1.29, 1.82) is 0 Å². The molecule has 0 aliphatic carbocycles. The molecule has 2 rings (SSSR count). The predicted octanol–water partition coefficient (Wildman–Crippen LogP) is 1.59. The molecule has 0 radical (unpaired) electrons. The maximum absolute atomic E-state index is 11.6. The van der Waals surface area contributed by atoms with Crippen molar-refractivity contribution in [3.8, 4) is 0 Å². The normalized spacial score (nSPS) is 14.7. The third-order valence-corrected chi connectivity index (χ3v) is 4.48. The van der Waals surface area contributed by atoms with Crippen LogP contribution in [-0.2, 0) is 9.59 Å². The number of carbonyl (C=O) groups is 3.